The van der Waals surface area contributed by atoms with Crippen LogP contribution in [0, 0.1) is 5.92 Å². The van der Waals surface area contributed by atoms with Gasteiger partial charge in [-0.2, -0.15) is 0 Å². The van der Waals surface area contributed by atoms with E-state index in [2.05, 4.69) is 10.6 Å². The molecule has 76 valence electrons. The standard InChI is InChI=1S/C10H20N2O/c1-11-7-8-12-10(13)9-5-3-2-4-6-9/h9,11H,2-8H2,1H3,(H,12,13). The van der Waals surface area contributed by atoms with Crippen LogP contribution in [-0.2, 0) is 4.79 Å². The van der Waals surface area contributed by atoms with Crippen LogP contribution in [0.25, 0.3) is 0 Å². The Kier molecular flexibility index (Phi) is 4.83. The molecule has 0 saturated heterocycles. The number of hydrogen-bond acceptors (Lipinski definition) is 2. The first kappa shape index (κ1) is 10.5. The molecular weight excluding hydrogens is 164 g/mol. The summed E-state index contributed by atoms with van der Waals surface area (Å²) in [7, 11) is 1.90. The molecule has 1 rings (SSSR count). The molecule has 0 spiro atoms. The van der Waals surface area contributed by atoms with E-state index in [1.807, 2.05) is 7.05 Å². The third-order valence-corrected chi connectivity index (χ3v) is 2.65. The molecule has 0 aromatic rings. The van der Waals surface area contributed by atoms with Crippen LogP contribution >= 0.6 is 0 Å². The quantitative estimate of drug-likeness (QED) is 0.637. The number of nitrogens with one attached hydrogen (secondary N) is 2. The number of carbonyl (C=O) groups excluding carboxylic acids is 1. The van der Waals surface area contributed by atoms with Crippen LogP contribution in [0.2, 0.25) is 0 Å². The number of likely N-dealkylation sites (N-methyl/N-ethyl adjacent to an activating group) is 1. The summed E-state index contributed by atoms with van der Waals surface area (Å²) in [5, 5.41) is 5.96. The van der Waals surface area contributed by atoms with Crippen LogP contribution in [0.15, 0.2) is 0 Å². The van der Waals surface area contributed by atoms with E-state index >= 15 is 0 Å². The third kappa shape index (κ3) is 3.77. The fourth-order valence-electron chi connectivity index (χ4n) is 1.82. The molecule has 1 fully saturated rings. The van der Waals surface area contributed by atoms with E-state index in [0.29, 0.717) is 5.92 Å². The lowest BCUT2D eigenvalue weighted by Crippen LogP contribution is -2.35. The highest BCUT2D eigenvalue weighted by Crippen LogP contribution is 2.23. The van der Waals surface area contributed by atoms with Gasteiger partial charge in [-0.05, 0) is 19.9 Å². The Balaban J connectivity index is 2.13. The second-order valence-electron chi connectivity index (χ2n) is 3.73. The van der Waals surface area contributed by atoms with E-state index in [1.54, 1.807) is 0 Å². The largest absolute Gasteiger partial charge is 0.355 e. The van der Waals surface area contributed by atoms with Gasteiger partial charge in [-0.15, -0.1) is 0 Å². The summed E-state index contributed by atoms with van der Waals surface area (Å²) < 4.78 is 0. The highest BCUT2D eigenvalue weighted by Gasteiger charge is 2.19. The Morgan fingerprint density at radius 2 is 1.92 bits per heavy atom. The van der Waals surface area contributed by atoms with Gasteiger partial charge in [0, 0.05) is 19.0 Å². The van der Waals surface area contributed by atoms with Crippen LogP contribution in [-0.4, -0.2) is 26.0 Å². The van der Waals surface area contributed by atoms with Crippen molar-refractivity contribution in [2.75, 3.05) is 20.1 Å². The molecule has 1 aliphatic rings. The zero-order valence-electron chi connectivity index (χ0n) is 8.44. The Morgan fingerprint density at radius 1 is 1.23 bits per heavy atom. The predicted octanol–water partition coefficient (Wildman–Crippen LogP) is 0.902. The van der Waals surface area contributed by atoms with Gasteiger partial charge in [-0.1, -0.05) is 19.3 Å². The number of carbonyl (C=O) groups is 1. The second kappa shape index (κ2) is 5.97. The first-order valence-electron chi connectivity index (χ1n) is 5.27. The van der Waals surface area contributed by atoms with Gasteiger partial charge in [0.15, 0.2) is 0 Å². The molecule has 0 aromatic carbocycles. The molecule has 0 atom stereocenters. The fourth-order valence-corrected chi connectivity index (χ4v) is 1.82. The maximum atomic E-state index is 11.5. The highest BCUT2D eigenvalue weighted by atomic mass is 16.1. The topological polar surface area (TPSA) is 41.1 Å². The van der Waals surface area contributed by atoms with Crippen molar-refractivity contribution in [3.8, 4) is 0 Å². The molecule has 0 aliphatic heterocycles. The van der Waals surface area contributed by atoms with E-state index in [4.69, 9.17) is 0 Å². The maximum Gasteiger partial charge on any atom is 0.223 e. The van der Waals surface area contributed by atoms with Crippen molar-refractivity contribution >= 4 is 5.91 Å². The van der Waals surface area contributed by atoms with Crippen LogP contribution in [0.5, 0.6) is 0 Å². The van der Waals surface area contributed by atoms with Gasteiger partial charge in [-0.25, -0.2) is 0 Å². The SMILES string of the molecule is CNCCNC(=O)C1CCCCC1. The maximum absolute atomic E-state index is 11.5. The highest BCUT2D eigenvalue weighted by molar-refractivity contribution is 5.78. The minimum Gasteiger partial charge on any atom is -0.355 e. The van der Waals surface area contributed by atoms with Crippen molar-refractivity contribution in [2.45, 2.75) is 32.1 Å². The van der Waals surface area contributed by atoms with Gasteiger partial charge >= 0.3 is 0 Å². The summed E-state index contributed by atoms with van der Waals surface area (Å²) in [6, 6.07) is 0. The van der Waals surface area contributed by atoms with E-state index in [-0.39, 0.29) is 5.91 Å². The van der Waals surface area contributed by atoms with Crippen molar-refractivity contribution in [2.24, 2.45) is 5.92 Å². The van der Waals surface area contributed by atoms with Crippen LogP contribution < -0.4 is 10.6 Å². The molecule has 0 unspecified atom stereocenters. The molecule has 2 N–H and O–H groups in total. The monoisotopic (exact) mass is 184 g/mol. The van der Waals surface area contributed by atoms with Crippen molar-refractivity contribution in [3.05, 3.63) is 0 Å². The molecule has 13 heavy (non-hydrogen) atoms. The average Bonchev–Trinajstić information content (AvgIpc) is 2.19. The van der Waals surface area contributed by atoms with Gasteiger partial charge in [-0.3, -0.25) is 4.79 Å². The Labute approximate surface area is 80.3 Å². The normalized spacial score (nSPS) is 18.5. The molecule has 0 radical (unpaired) electrons. The summed E-state index contributed by atoms with van der Waals surface area (Å²) in [6.45, 7) is 1.62. The summed E-state index contributed by atoms with van der Waals surface area (Å²) >= 11 is 0. The third-order valence-electron chi connectivity index (χ3n) is 2.65. The van der Waals surface area contributed by atoms with Gasteiger partial charge < -0.3 is 10.6 Å². The summed E-state index contributed by atoms with van der Waals surface area (Å²) in [5.41, 5.74) is 0. The zero-order valence-corrected chi connectivity index (χ0v) is 8.44. The van der Waals surface area contributed by atoms with Crippen LogP contribution in [0.4, 0.5) is 0 Å². The number of amides is 1. The molecule has 1 aliphatic carbocycles. The molecular formula is C10H20N2O. The van der Waals surface area contributed by atoms with Crippen molar-refractivity contribution in [3.63, 3.8) is 0 Å². The molecule has 3 heteroatoms. The Morgan fingerprint density at radius 3 is 2.54 bits per heavy atom. The molecule has 1 amide bonds. The fraction of sp³-hybridized carbons (Fsp3) is 0.900. The Hall–Kier alpha value is -0.570. The van der Waals surface area contributed by atoms with Gasteiger partial charge in [0.2, 0.25) is 5.91 Å². The predicted molar refractivity (Wildman–Crippen MR) is 53.5 cm³/mol. The van der Waals surface area contributed by atoms with Gasteiger partial charge in [0.05, 0.1) is 0 Å². The first-order chi connectivity index (χ1) is 6.34. The molecule has 0 bridgehead atoms. The lowest BCUT2D eigenvalue weighted by Gasteiger charge is -2.20. The van der Waals surface area contributed by atoms with E-state index in [0.717, 1.165) is 25.9 Å². The van der Waals surface area contributed by atoms with Crippen molar-refractivity contribution in [1.82, 2.24) is 10.6 Å². The smallest absolute Gasteiger partial charge is 0.223 e. The summed E-state index contributed by atoms with van der Waals surface area (Å²) in [6.07, 6.45) is 5.94. The average molecular weight is 184 g/mol. The molecule has 1 saturated carbocycles. The van der Waals surface area contributed by atoms with Crippen molar-refractivity contribution in [1.29, 1.82) is 0 Å². The van der Waals surface area contributed by atoms with Gasteiger partial charge in [0.25, 0.3) is 0 Å². The summed E-state index contributed by atoms with van der Waals surface area (Å²) in [4.78, 5) is 11.5. The lowest BCUT2D eigenvalue weighted by atomic mass is 9.89. The lowest BCUT2D eigenvalue weighted by molar-refractivity contribution is -0.125. The van der Waals surface area contributed by atoms with E-state index < -0.39 is 0 Å². The minimum absolute atomic E-state index is 0.259. The van der Waals surface area contributed by atoms with Crippen LogP contribution in [0.3, 0.4) is 0 Å². The minimum atomic E-state index is 0.259. The van der Waals surface area contributed by atoms with E-state index in [1.165, 1.54) is 19.3 Å². The zero-order chi connectivity index (χ0) is 9.52. The second-order valence-corrected chi connectivity index (χ2v) is 3.73. The summed E-state index contributed by atoms with van der Waals surface area (Å²) in [5.74, 6) is 0.556. The first-order valence-corrected chi connectivity index (χ1v) is 5.27. The molecule has 3 nitrogen and oxygen atoms in total. The molecule has 0 heterocycles. The van der Waals surface area contributed by atoms with Gasteiger partial charge in [0.1, 0.15) is 0 Å². The van der Waals surface area contributed by atoms with E-state index in [9.17, 15) is 4.79 Å². The number of hydrogen-bond donors (Lipinski definition) is 2. The van der Waals surface area contributed by atoms with Crippen LogP contribution in [0.1, 0.15) is 32.1 Å². The number of rotatable bonds is 4. The molecule has 0 aromatic heterocycles. The van der Waals surface area contributed by atoms with Crippen molar-refractivity contribution < 1.29 is 4.79 Å². The Bertz CT molecular complexity index is 153.